The van der Waals surface area contributed by atoms with Crippen LogP contribution in [-0.4, -0.2) is 41.8 Å². The lowest BCUT2D eigenvalue weighted by atomic mass is 9.98. The highest BCUT2D eigenvalue weighted by Gasteiger charge is 2.30. The molecule has 0 radical (unpaired) electrons. The fourth-order valence-electron chi connectivity index (χ4n) is 4.06. The average Bonchev–Trinajstić information content (AvgIpc) is 3.05. The van der Waals surface area contributed by atoms with Gasteiger partial charge in [0.05, 0.1) is 5.92 Å². The number of carbonyl (C=O) groups excluding carboxylic acids is 2. The molecule has 2 aromatic rings. The van der Waals surface area contributed by atoms with Crippen LogP contribution in [0.3, 0.4) is 0 Å². The Morgan fingerprint density at radius 3 is 2.12 bits per heavy atom. The summed E-state index contributed by atoms with van der Waals surface area (Å²) < 4.78 is 5.54. The smallest absolute Gasteiger partial charge is 0.407 e. The zero-order valence-corrected chi connectivity index (χ0v) is 18.7. The standard InChI is InChI=1S/C25H30N2O5/c1-4-16(23(29)30)14-26-22(28)13-25(2,3)27-24(31)32-15-21-19-11-7-5-9-17(19)18-10-6-8-12-20(18)21/h5-12,16,21H,4,13-15H2,1-3H3,(H,26,28)(H,27,31)(H,29,30). The lowest BCUT2D eigenvalue weighted by molar-refractivity contribution is -0.141. The Morgan fingerprint density at radius 2 is 1.59 bits per heavy atom. The van der Waals surface area contributed by atoms with Gasteiger partial charge in [-0.2, -0.15) is 0 Å². The van der Waals surface area contributed by atoms with E-state index in [1.165, 1.54) is 0 Å². The molecule has 0 fully saturated rings. The van der Waals surface area contributed by atoms with Gasteiger partial charge in [-0.3, -0.25) is 9.59 Å². The van der Waals surface area contributed by atoms with E-state index in [0.717, 1.165) is 22.3 Å². The molecular weight excluding hydrogens is 408 g/mol. The predicted molar refractivity (Wildman–Crippen MR) is 121 cm³/mol. The van der Waals surface area contributed by atoms with E-state index >= 15 is 0 Å². The first-order chi connectivity index (χ1) is 15.2. The number of alkyl carbamates (subject to hydrolysis) is 1. The molecule has 7 heteroatoms. The van der Waals surface area contributed by atoms with Crippen LogP contribution in [0.15, 0.2) is 48.5 Å². The van der Waals surface area contributed by atoms with Gasteiger partial charge in [0, 0.05) is 24.4 Å². The molecule has 3 rings (SSSR count). The number of nitrogens with one attached hydrogen (secondary N) is 2. The lowest BCUT2D eigenvalue weighted by Gasteiger charge is -2.26. The van der Waals surface area contributed by atoms with Gasteiger partial charge in [0.2, 0.25) is 5.91 Å². The summed E-state index contributed by atoms with van der Waals surface area (Å²) in [5, 5.41) is 14.5. The number of hydrogen-bond acceptors (Lipinski definition) is 4. The molecule has 1 aliphatic carbocycles. The van der Waals surface area contributed by atoms with Crippen molar-refractivity contribution >= 4 is 18.0 Å². The van der Waals surface area contributed by atoms with Gasteiger partial charge in [-0.1, -0.05) is 55.5 Å². The highest BCUT2D eigenvalue weighted by atomic mass is 16.5. The predicted octanol–water partition coefficient (Wildman–Crippen LogP) is 3.92. The van der Waals surface area contributed by atoms with Crippen LogP contribution >= 0.6 is 0 Å². The van der Waals surface area contributed by atoms with E-state index in [1.807, 2.05) is 24.3 Å². The van der Waals surface area contributed by atoms with Crippen molar-refractivity contribution in [2.24, 2.45) is 5.92 Å². The Labute approximate surface area is 188 Å². The molecule has 0 saturated heterocycles. The summed E-state index contributed by atoms with van der Waals surface area (Å²) in [5.41, 5.74) is 3.72. The van der Waals surface area contributed by atoms with Gasteiger partial charge in [0.25, 0.3) is 0 Å². The second-order valence-electron chi connectivity index (χ2n) is 8.76. The number of benzene rings is 2. The first kappa shape index (κ1) is 23.3. The maximum atomic E-state index is 12.5. The molecule has 0 aromatic heterocycles. The van der Waals surface area contributed by atoms with Crippen LogP contribution in [0.5, 0.6) is 0 Å². The minimum Gasteiger partial charge on any atom is -0.481 e. The number of ether oxygens (including phenoxy) is 1. The van der Waals surface area contributed by atoms with Crippen LogP contribution in [0.4, 0.5) is 4.79 Å². The van der Waals surface area contributed by atoms with E-state index in [2.05, 4.69) is 34.9 Å². The highest BCUT2D eigenvalue weighted by molar-refractivity contribution is 5.80. The third kappa shape index (κ3) is 5.46. The van der Waals surface area contributed by atoms with E-state index in [-0.39, 0.29) is 31.4 Å². The number of carboxylic acid groups (broad SMARTS) is 1. The summed E-state index contributed by atoms with van der Waals surface area (Å²) in [5.74, 6) is -1.93. The van der Waals surface area contributed by atoms with E-state index in [1.54, 1.807) is 20.8 Å². The Morgan fingerprint density at radius 1 is 1.03 bits per heavy atom. The quantitative estimate of drug-likeness (QED) is 0.550. The molecule has 7 nitrogen and oxygen atoms in total. The van der Waals surface area contributed by atoms with E-state index in [0.29, 0.717) is 6.42 Å². The van der Waals surface area contributed by atoms with Crippen molar-refractivity contribution in [3.63, 3.8) is 0 Å². The zero-order chi connectivity index (χ0) is 23.3. The van der Waals surface area contributed by atoms with Gasteiger partial charge in [-0.15, -0.1) is 0 Å². The number of aliphatic carboxylic acids is 1. The maximum Gasteiger partial charge on any atom is 0.407 e. The molecule has 3 N–H and O–H groups in total. The second-order valence-corrected chi connectivity index (χ2v) is 8.76. The number of carbonyl (C=O) groups is 3. The van der Waals surface area contributed by atoms with Crippen molar-refractivity contribution in [1.82, 2.24) is 10.6 Å². The van der Waals surface area contributed by atoms with Crippen molar-refractivity contribution in [2.45, 2.75) is 45.1 Å². The highest BCUT2D eigenvalue weighted by Crippen LogP contribution is 2.44. The largest absolute Gasteiger partial charge is 0.481 e. The molecule has 170 valence electrons. The molecule has 1 unspecified atom stereocenters. The molecule has 1 aliphatic rings. The van der Waals surface area contributed by atoms with Crippen LogP contribution in [0.2, 0.25) is 0 Å². The van der Waals surface area contributed by atoms with Crippen molar-refractivity contribution in [3.05, 3.63) is 59.7 Å². The van der Waals surface area contributed by atoms with Gasteiger partial charge in [-0.05, 0) is 42.5 Å². The van der Waals surface area contributed by atoms with Crippen molar-refractivity contribution in [1.29, 1.82) is 0 Å². The van der Waals surface area contributed by atoms with Crippen molar-refractivity contribution in [3.8, 4) is 11.1 Å². The number of carboxylic acids is 1. The summed E-state index contributed by atoms with van der Waals surface area (Å²) >= 11 is 0. The van der Waals surface area contributed by atoms with Crippen LogP contribution in [-0.2, 0) is 14.3 Å². The Hall–Kier alpha value is -3.35. The Kier molecular flexibility index (Phi) is 7.18. The summed E-state index contributed by atoms with van der Waals surface area (Å²) in [4.78, 5) is 35.8. The van der Waals surface area contributed by atoms with E-state index in [4.69, 9.17) is 9.84 Å². The lowest BCUT2D eigenvalue weighted by Crippen LogP contribution is -2.47. The summed E-state index contributed by atoms with van der Waals surface area (Å²) in [7, 11) is 0. The van der Waals surface area contributed by atoms with Crippen molar-refractivity contribution in [2.75, 3.05) is 13.2 Å². The van der Waals surface area contributed by atoms with Crippen molar-refractivity contribution < 1.29 is 24.2 Å². The Bertz CT molecular complexity index is 956. The number of hydrogen-bond donors (Lipinski definition) is 3. The molecule has 0 spiro atoms. The molecule has 0 saturated carbocycles. The van der Waals surface area contributed by atoms with Gasteiger partial charge in [-0.25, -0.2) is 4.79 Å². The fourth-order valence-corrected chi connectivity index (χ4v) is 4.06. The fraction of sp³-hybridized carbons (Fsp3) is 0.400. The summed E-state index contributed by atoms with van der Waals surface area (Å²) in [6.45, 7) is 5.46. The molecule has 32 heavy (non-hydrogen) atoms. The minimum atomic E-state index is -0.941. The van der Waals surface area contributed by atoms with Gasteiger partial charge in [0.15, 0.2) is 0 Å². The molecule has 0 bridgehead atoms. The maximum absolute atomic E-state index is 12.5. The normalized spacial score (nSPS) is 13.6. The second kappa shape index (κ2) is 9.85. The minimum absolute atomic E-state index is 0.00719. The third-order valence-electron chi connectivity index (χ3n) is 5.77. The monoisotopic (exact) mass is 438 g/mol. The third-order valence-corrected chi connectivity index (χ3v) is 5.77. The first-order valence-electron chi connectivity index (χ1n) is 10.8. The Balaban J connectivity index is 1.54. The molecule has 0 aliphatic heterocycles. The van der Waals surface area contributed by atoms with E-state index < -0.39 is 23.5 Å². The number of amides is 2. The molecule has 2 amide bonds. The van der Waals surface area contributed by atoms with Crippen LogP contribution in [0.1, 0.15) is 50.7 Å². The number of fused-ring (bicyclic) bond motifs is 3. The van der Waals surface area contributed by atoms with Crippen LogP contribution < -0.4 is 10.6 Å². The number of rotatable bonds is 9. The van der Waals surface area contributed by atoms with Crippen LogP contribution in [0.25, 0.3) is 11.1 Å². The zero-order valence-electron chi connectivity index (χ0n) is 18.7. The topological polar surface area (TPSA) is 105 Å². The molecule has 2 aromatic carbocycles. The SMILES string of the molecule is CCC(CNC(=O)CC(C)(C)NC(=O)OCC1c2ccccc2-c2ccccc21)C(=O)O. The average molecular weight is 439 g/mol. The molecule has 1 atom stereocenters. The molecule has 0 heterocycles. The van der Waals surface area contributed by atoms with Gasteiger partial charge in [0.1, 0.15) is 6.61 Å². The first-order valence-corrected chi connectivity index (χ1v) is 10.8. The summed E-state index contributed by atoms with van der Waals surface area (Å²) in [6.07, 6.45) is -0.161. The van der Waals surface area contributed by atoms with E-state index in [9.17, 15) is 14.4 Å². The molecular formula is C25H30N2O5. The van der Waals surface area contributed by atoms with Gasteiger partial charge < -0.3 is 20.5 Å². The van der Waals surface area contributed by atoms with Gasteiger partial charge >= 0.3 is 12.1 Å². The summed E-state index contributed by atoms with van der Waals surface area (Å²) in [6, 6.07) is 16.2. The van der Waals surface area contributed by atoms with Crippen LogP contribution in [0, 0.1) is 5.92 Å².